The number of rotatable bonds is 2. The Morgan fingerprint density at radius 3 is 2.14 bits per heavy atom. The molecule has 0 amide bonds. The normalized spacial score (nSPS) is 7.00. The summed E-state index contributed by atoms with van der Waals surface area (Å²) >= 11 is 3.64. The molecule has 0 atom stereocenters. The topological polar surface area (TPSA) is 40.1 Å². The van der Waals surface area contributed by atoms with Crippen LogP contribution < -0.4 is 56.5 Å². The maximum atomic E-state index is 9.44. The monoisotopic (exact) mass is 144 g/mol. The Bertz CT molecular complexity index is 56.9. The van der Waals surface area contributed by atoms with Crippen LogP contribution in [0.5, 0.6) is 0 Å². The molecular formula is C3H5KO2S. The minimum atomic E-state index is -1.04. The van der Waals surface area contributed by atoms with Crippen LogP contribution in [0.1, 0.15) is 6.42 Å². The molecular weight excluding hydrogens is 139 g/mol. The minimum absolute atomic E-state index is 0. The van der Waals surface area contributed by atoms with Gasteiger partial charge in [0.05, 0.1) is 0 Å². The fourth-order valence-corrected chi connectivity index (χ4v) is 0.274. The van der Waals surface area contributed by atoms with Gasteiger partial charge in [0.1, 0.15) is 0 Å². The van der Waals surface area contributed by atoms with Crippen LogP contribution in [0.3, 0.4) is 0 Å². The third-order valence-electron chi connectivity index (χ3n) is 0.316. The van der Waals surface area contributed by atoms with E-state index < -0.39 is 5.97 Å². The number of aliphatic carboxylic acids is 1. The summed E-state index contributed by atoms with van der Waals surface area (Å²) in [4.78, 5) is 9.44. The van der Waals surface area contributed by atoms with Crippen LogP contribution >= 0.6 is 12.6 Å². The second-order valence-electron chi connectivity index (χ2n) is 0.846. The van der Waals surface area contributed by atoms with Gasteiger partial charge in [0.2, 0.25) is 0 Å². The van der Waals surface area contributed by atoms with Gasteiger partial charge in [-0.15, -0.1) is 0 Å². The van der Waals surface area contributed by atoms with E-state index in [1.807, 2.05) is 0 Å². The molecule has 0 aliphatic heterocycles. The van der Waals surface area contributed by atoms with Crippen molar-refractivity contribution >= 4 is 18.6 Å². The van der Waals surface area contributed by atoms with E-state index in [1.165, 1.54) is 0 Å². The Morgan fingerprint density at radius 2 is 2.14 bits per heavy atom. The van der Waals surface area contributed by atoms with Crippen molar-refractivity contribution in [3.05, 3.63) is 0 Å². The van der Waals surface area contributed by atoms with Gasteiger partial charge in [-0.1, -0.05) is 0 Å². The molecule has 0 aromatic rings. The quantitative estimate of drug-likeness (QED) is 0.317. The van der Waals surface area contributed by atoms with Crippen LogP contribution in [0.4, 0.5) is 0 Å². The summed E-state index contributed by atoms with van der Waals surface area (Å²) in [6.45, 7) is 0. The van der Waals surface area contributed by atoms with Gasteiger partial charge in [-0.2, -0.15) is 12.6 Å². The average Bonchev–Trinajstić information content (AvgIpc) is 1.35. The van der Waals surface area contributed by atoms with Gasteiger partial charge < -0.3 is 9.90 Å². The molecule has 0 unspecified atom stereocenters. The van der Waals surface area contributed by atoms with Gasteiger partial charge in [0, 0.05) is 5.97 Å². The zero-order valence-corrected chi connectivity index (χ0v) is 8.20. The molecule has 0 heterocycles. The molecule has 0 spiro atoms. The van der Waals surface area contributed by atoms with E-state index in [4.69, 9.17) is 0 Å². The maximum Gasteiger partial charge on any atom is 1.00 e. The number of carboxylic acid groups (broad SMARTS) is 1. The Labute approximate surface area is 90.5 Å². The van der Waals surface area contributed by atoms with Crippen molar-refractivity contribution in [3.8, 4) is 0 Å². The second-order valence-corrected chi connectivity index (χ2v) is 1.29. The standard InChI is InChI=1S/C3H6O2S.K/c4-3(5)1-2-6;/h6H,1-2H2,(H,4,5);/q;+1/p-1. The van der Waals surface area contributed by atoms with E-state index in [1.54, 1.807) is 0 Å². The zero-order valence-electron chi connectivity index (χ0n) is 4.18. The molecule has 0 rings (SSSR count). The van der Waals surface area contributed by atoms with Crippen molar-refractivity contribution in [2.24, 2.45) is 0 Å². The number of carbonyl (C=O) groups is 1. The fourth-order valence-electron chi connectivity index (χ4n) is 0.0913. The fraction of sp³-hybridized carbons (Fsp3) is 0.667. The Balaban J connectivity index is 0. The van der Waals surface area contributed by atoms with E-state index in [-0.39, 0.29) is 57.8 Å². The maximum absolute atomic E-state index is 9.44. The summed E-state index contributed by atoms with van der Waals surface area (Å²) in [5, 5.41) is 9.44. The predicted molar refractivity (Wildman–Crippen MR) is 23.5 cm³/mol. The van der Waals surface area contributed by atoms with Crippen molar-refractivity contribution in [1.82, 2.24) is 0 Å². The molecule has 0 saturated carbocycles. The Kier molecular flexibility index (Phi) is 12.0. The molecule has 0 aliphatic rings. The van der Waals surface area contributed by atoms with Crippen LogP contribution in [-0.4, -0.2) is 11.7 Å². The number of thiol groups is 1. The van der Waals surface area contributed by atoms with Crippen LogP contribution in [0.25, 0.3) is 0 Å². The van der Waals surface area contributed by atoms with Crippen molar-refractivity contribution in [2.75, 3.05) is 5.75 Å². The molecule has 0 bridgehead atoms. The summed E-state index contributed by atoms with van der Waals surface area (Å²) in [6.07, 6.45) is 0.0448. The van der Waals surface area contributed by atoms with Gasteiger partial charge in [-0.3, -0.25) is 0 Å². The third-order valence-corrected chi connectivity index (χ3v) is 0.540. The summed E-state index contributed by atoms with van der Waals surface area (Å²) in [7, 11) is 0. The van der Waals surface area contributed by atoms with Crippen molar-refractivity contribution < 1.29 is 61.3 Å². The first-order valence-electron chi connectivity index (χ1n) is 1.58. The molecule has 0 saturated heterocycles. The van der Waals surface area contributed by atoms with Crippen molar-refractivity contribution in [2.45, 2.75) is 6.42 Å². The molecule has 0 fully saturated rings. The SMILES string of the molecule is O=C([O-])CCS.[K+]. The van der Waals surface area contributed by atoms with Crippen molar-refractivity contribution in [1.29, 1.82) is 0 Å². The molecule has 0 aromatic heterocycles. The zero-order chi connectivity index (χ0) is 4.99. The minimum Gasteiger partial charge on any atom is -0.550 e. The van der Waals surface area contributed by atoms with Crippen LogP contribution in [0.15, 0.2) is 0 Å². The number of hydrogen-bond donors (Lipinski definition) is 1. The number of carbonyl (C=O) groups excluding carboxylic acids is 1. The van der Waals surface area contributed by atoms with Gasteiger partial charge in [0.25, 0.3) is 0 Å². The third kappa shape index (κ3) is 11.2. The summed E-state index contributed by atoms with van der Waals surface area (Å²) in [5.41, 5.74) is 0. The summed E-state index contributed by atoms with van der Waals surface area (Å²) < 4.78 is 0. The van der Waals surface area contributed by atoms with Gasteiger partial charge in [0.15, 0.2) is 0 Å². The smallest absolute Gasteiger partial charge is 0.550 e. The summed E-state index contributed by atoms with van der Waals surface area (Å²) in [6, 6.07) is 0. The van der Waals surface area contributed by atoms with E-state index >= 15 is 0 Å². The molecule has 7 heavy (non-hydrogen) atoms. The molecule has 0 aromatic carbocycles. The average molecular weight is 144 g/mol. The second kappa shape index (κ2) is 7.46. The van der Waals surface area contributed by atoms with E-state index in [2.05, 4.69) is 12.6 Å². The summed E-state index contributed by atoms with van der Waals surface area (Å²) in [5.74, 6) is -0.674. The Hall–Kier alpha value is 1.46. The predicted octanol–water partition coefficient (Wildman–Crippen LogP) is -3.94. The number of hydrogen-bond acceptors (Lipinski definition) is 3. The van der Waals surface area contributed by atoms with E-state index in [9.17, 15) is 9.90 Å². The molecule has 2 nitrogen and oxygen atoms in total. The first-order chi connectivity index (χ1) is 2.77. The molecule has 0 N–H and O–H groups in total. The van der Waals surface area contributed by atoms with E-state index in [0.717, 1.165) is 0 Å². The molecule has 36 valence electrons. The molecule has 0 aliphatic carbocycles. The largest absolute Gasteiger partial charge is 1.00 e. The van der Waals surface area contributed by atoms with Crippen molar-refractivity contribution in [3.63, 3.8) is 0 Å². The molecule has 0 radical (unpaired) electrons. The molecule has 4 heteroatoms. The van der Waals surface area contributed by atoms with Gasteiger partial charge >= 0.3 is 51.4 Å². The Morgan fingerprint density at radius 1 is 1.71 bits per heavy atom. The first-order valence-corrected chi connectivity index (χ1v) is 2.21. The van der Waals surface area contributed by atoms with Crippen LogP contribution in [0, 0.1) is 0 Å². The first kappa shape index (κ1) is 11.3. The van der Waals surface area contributed by atoms with Crippen LogP contribution in [-0.2, 0) is 4.79 Å². The van der Waals surface area contributed by atoms with Gasteiger partial charge in [-0.05, 0) is 12.2 Å². The van der Waals surface area contributed by atoms with Crippen LogP contribution in [0.2, 0.25) is 0 Å². The van der Waals surface area contributed by atoms with E-state index in [0.29, 0.717) is 5.75 Å². The number of carboxylic acids is 1. The van der Waals surface area contributed by atoms with Gasteiger partial charge in [-0.25, -0.2) is 0 Å².